The van der Waals surface area contributed by atoms with E-state index in [9.17, 15) is 0 Å². The van der Waals surface area contributed by atoms with E-state index in [2.05, 4.69) is 12.6 Å². The Labute approximate surface area is 72.9 Å². The molecule has 0 aromatic heterocycles. The molecule has 0 radical (unpaired) electrons. The molecule has 0 amide bonds. The van der Waals surface area contributed by atoms with Crippen LogP contribution in [0.1, 0.15) is 20.8 Å². The van der Waals surface area contributed by atoms with Crippen molar-refractivity contribution >= 4 is 12.6 Å². The van der Waals surface area contributed by atoms with Crippen LogP contribution in [0, 0.1) is 16.7 Å². The van der Waals surface area contributed by atoms with Crippen LogP contribution in [0.2, 0.25) is 0 Å². The van der Waals surface area contributed by atoms with Crippen molar-refractivity contribution in [3.8, 4) is 6.07 Å². The van der Waals surface area contributed by atoms with Gasteiger partial charge < -0.3 is 5.11 Å². The smallest absolute Gasteiger partial charge is 0.131 e. The van der Waals surface area contributed by atoms with Gasteiger partial charge in [0.15, 0.2) is 0 Å². The Morgan fingerprint density at radius 3 is 2.18 bits per heavy atom. The quantitative estimate of drug-likeness (QED) is 0.358. The second-order valence-corrected chi connectivity index (χ2v) is 3.94. The van der Waals surface area contributed by atoms with Crippen LogP contribution < -0.4 is 0 Å². The van der Waals surface area contributed by atoms with Crippen LogP contribution in [0.25, 0.3) is 0 Å². The lowest BCUT2D eigenvalue weighted by molar-refractivity contribution is 0.302. The summed E-state index contributed by atoms with van der Waals surface area (Å²) in [6, 6.07) is 1.89. The van der Waals surface area contributed by atoms with E-state index < -0.39 is 5.44 Å². The van der Waals surface area contributed by atoms with Crippen molar-refractivity contribution in [2.45, 2.75) is 26.2 Å². The Bertz CT molecular complexity index is 195. The van der Waals surface area contributed by atoms with Crippen LogP contribution in [0.15, 0.2) is 11.6 Å². The maximum atomic E-state index is 8.95. The molecule has 0 saturated heterocycles. The maximum Gasteiger partial charge on any atom is 0.131 e. The molecule has 3 heteroatoms. The number of rotatable bonds is 1. The predicted molar refractivity (Wildman–Crippen MR) is 48.1 cm³/mol. The lowest BCUT2D eigenvalue weighted by atomic mass is 9.94. The van der Waals surface area contributed by atoms with Crippen molar-refractivity contribution in [2.75, 3.05) is 0 Å². The summed E-state index contributed by atoms with van der Waals surface area (Å²) in [5, 5.41) is 17.5. The van der Waals surface area contributed by atoms with E-state index in [-0.39, 0.29) is 5.41 Å². The van der Waals surface area contributed by atoms with Gasteiger partial charge in [0.05, 0.1) is 11.6 Å². The molecular formula is C8H13NOS. The average Bonchev–Trinajstić information content (AvgIpc) is 1.80. The summed E-state index contributed by atoms with van der Waals surface area (Å²) in [6.07, 6.45) is 1.71. The van der Waals surface area contributed by atoms with E-state index in [4.69, 9.17) is 10.4 Å². The summed E-state index contributed by atoms with van der Waals surface area (Å²) in [5.41, 5.74) is -0.741. The molecule has 1 unspecified atom stereocenters. The molecule has 0 saturated carbocycles. The van der Waals surface area contributed by atoms with Gasteiger partial charge in [0, 0.05) is 0 Å². The maximum absolute atomic E-state index is 8.95. The van der Waals surface area contributed by atoms with Gasteiger partial charge in [-0.3, -0.25) is 0 Å². The molecule has 2 nitrogen and oxygen atoms in total. The number of aliphatic hydroxyl groups is 1. The molecule has 1 atom stereocenters. The molecule has 0 aliphatic rings. The SMILES string of the molecule is CC(C)(C)/C=C(\C#N)C(O)S. The first kappa shape index (κ1) is 10.5. The molecule has 0 aliphatic carbocycles. The van der Waals surface area contributed by atoms with Gasteiger partial charge in [-0.25, -0.2) is 0 Å². The summed E-state index contributed by atoms with van der Waals surface area (Å²) < 4.78 is 0. The molecular weight excluding hydrogens is 158 g/mol. The highest BCUT2D eigenvalue weighted by Gasteiger charge is 2.11. The first-order valence-electron chi connectivity index (χ1n) is 3.36. The fourth-order valence-electron chi connectivity index (χ4n) is 0.631. The molecule has 1 N–H and O–H groups in total. The minimum atomic E-state index is -0.959. The van der Waals surface area contributed by atoms with Gasteiger partial charge in [-0.2, -0.15) is 5.26 Å². The molecule has 0 fully saturated rings. The van der Waals surface area contributed by atoms with E-state index in [1.54, 1.807) is 6.08 Å². The highest BCUT2D eigenvalue weighted by Crippen LogP contribution is 2.19. The third-order valence-corrected chi connectivity index (χ3v) is 1.27. The molecule has 0 spiro atoms. The fourth-order valence-corrected chi connectivity index (χ4v) is 0.763. The second-order valence-electron chi connectivity index (χ2n) is 3.45. The van der Waals surface area contributed by atoms with Gasteiger partial charge in [0.25, 0.3) is 0 Å². The number of allylic oxidation sites excluding steroid dienone is 1. The monoisotopic (exact) mass is 171 g/mol. The first-order chi connectivity index (χ1) is 4.87. The highest BCUT2D eigenvalue weighted by atomic mass is 32.1. The molecule has 0 aromatic rings. The zero-order valence-corrected chi connectivity index (χ0v) is 7.89. The lowest BCUT2D eigenvalue weighted by Gasteiger charge is -2.13. The van der Waals surface area contributed by atoms with Gasteiger partial charge in [0.1, 0.15) is 5.44 Å². The average molecular weight is 171 g/mol. The first-order valence-corrected chi connectivity index (χ1v) is 3.87. The third kappa shape index (κ3) is 4.88. The third-order valence-electron chi connectivity index (χ3n) is 0.996. The molecule has 0 aliphatic heterocycles. The molecule has 0 aromatic carbocycles. The Hall–Kier alpha value is -0.460. The van der Waals surface area contributed by atoms with Gasteiger partial charge in [-0.05, 0) is 5.41 Å². The number of nitriles is 1. The van der Waals surface area contributed by atoms with Gasteiger partial charge in [-0.1, -0.05) is 26.8 Å². The normalized spacial score (nSPS) is 15.8. The van der Waals surface area contributed by atoms with E-state index in [0.29, 0.717) is 5.57 Å². The summed E-state index contributed by atoms with van der Waals surface area (Å²) in [5.74, 6) is 0. The van der Waals surface area contributed by atoms with Crippen molar-refractivity contribution in [3.63, 3.8) is 0 Å². The number of hydrogen-bond acceptors (Lipinski definition) is 3. The van der Waals surface area contributed by atoms with Crippen molar-refractivity contribution in [3.05, 3.63) is 11.6 Å². The zero-order chi connectivity index (χ0) is 9.07. The Kier molecular flexibility index (Phi) is 3.64. The topological polar surface area (TPSA) is 44.0 Å². The Morgan fingerprint density at radius 2 is 2.09 bits per heavy atom. The van der Waals surface area contributed by atoms with Gasteiger partial charge in [0.2, 0.25) is 0 Å². The van der Waals surface area contributed by atoms with Crippen LogP contribution in [0.4, 0.5) is 0 Å². The van der Waals surface area contributed by atoms with E-state index >= 15 is 0 Å². The van der Waals surface area contributed by atoms with Crippen LogP contribution in [0.3, 0.4) is 0 Å². The van der Waals surface area contributed by atoms with Crippen molar-refractivity contribution in [1.82, 2.24) is 0 Å². The van der Waals surface area contributed by atoms with Gasteiger partial charge >= 0.3 is 0 Å². The number of aliphatic hydroxyl groups excluding tert-OH is 1. The highest BCUT2D eigenvalue weighted by molar-refractivity contribution is 7.81. The zero-order valence-electron chi connectivity index (χ0n) is 7.00. The van der Waals surface area contributed by atoms with Gasteiger partial charge in [-0.15, -0.1) is 12.6 Å². The number of hydrogen-bond donors (Lipinski definition) is 2. The minimum Gasteiger partial charge on any atom is -0.377 e. The van der Waals surface area contributed by atoms with Crippen LogP contribution in [0.5, 0.6) is 0 Å². The number of nitrogens with zero attached hydrogens (tertiary/aromatic N) is 1. The lowest BCUT2D eigenvalue weighted by Crippen LogP contribution is -2.06. The van der Waals surface area contributed by atoms with Crippen LogP contribution in [-0.4, -0.2) is 10.5 Å². The van der Waals surface area contributed by atoms with Crippen molar-refractivity contribution in [1.29, 1.82) is 5.26 Å². The van der Waals surface area contributed by atoms with E-state index in [0.717, 1.165) is 0 Å². The minimum absolute atomic E-state index is 0.0885. The Morgan fingerprint density at radius 1 is 1.64 bits per heavy atom. The molecule has 0 bridgehead atoms. The molecule has 62 valence electrons. The van der Waals surface area contributed by atoms with Crippen LogP contribution in [-0.2, 0) is 0 Å². The fraction of sp³-hybridized carbons (Fsp3) is 0.625. The summed E-state index contributed by atoms with van der Waals surface area (Å²) >= 11 is 3.75. The van der Waals surface area contributed by atoms with Crippen LogP contribution >= 0.6 is 12.6 Å². The van der Waals surface area contributed by atoms with Crippen molar-refractivity contribution in [2.24, 2.45) is 5.41 Å². The molecule has 11 heavy (non-hydrogen) atoms. The Balaban J connectivity index is 4.53. The summed E-state index contributed by atoms with van der Waals surface area (Å²) in [6.45, 7) is 5.88. The van der Waals surface area contributed by atoms with Crippen molar-refractivity contribution < 1.29 is 5.11 Å². The number of thiol groups is 1. The second kappa shape index (κ2) is 3.80. The molecule has 0 rings (SSSR count). The van der Waals surface area contributed by atoms with E-state index in [1.165, 1.54) is 0 Å². The standard InChI is InChI=1S/C8H13NOS/c1-8(2,3)4-6(5-9)7(10)11/h4,7,10-11H,1-3H3/b6-4+. The largest absolute Gasteiger partial charge is 0.377 e. The summed E-state index contributed by atoms with van der Waals surface area (Å²) in [7, 11) is 0. The van der Waals surface area contributed by atoms with E-state index in [1.807, 2.05) is 26.8 Å². The molecule has 0 heterocycles. The summed E-state index contributed by atoms with van der Waals surface area (Å²) in [4.78, 5) is 0. The predicted octanol–water partition coefficient (Wildman–Crippen LogP) is 1.73.